The molecule has 0 N–H and O–H groups in total. The molecule has 142 valence electrons. The maximum absolute atomic E-state index is 12.2. The zero-order valence-electron chi connectivity index (χ0n) is 15.2. The normalized spacial score (nSPS) is 23.4. The average molecular weight is 465 g/mol. The molecule has 4 nitrogen and oxygen atoms in total. The maximum atomic E-state index is 12.2. The van der Waals surface area contributed by atoms with Crippen molar-refractivity contribution in [1.29, 1.82) is 0 Å². The van der Waals surface area contributed by atoms with Crippen molar-refractivity contribution in [3.8, 4) is 0 Å². The number of anilines is 1. The number of fused-ring (bicyclic) bond motifs is 1. The predicted molar refractivity (Wildman–Crippen MR) is 117 cm³/mol. The summed E-state index contributed by atoms with van der Waals surface area (Å²) >= 11 is 5.15. The quantitative estimate of drug-likeness (QED) is 0.677. The molecule has 27 heavy (non-hydrogen) atoms. The van der Waals surface area contributed by atoms with Crippen LogP contribution >= 0.6 is 27.7 Å². The molecular weight excluding hydrogens is 444 g/mol. The second kappa shape index (κ2) is 7.26. The molecule has 0 amide bonds. The van der Waals surface area contributed by atoms with Crippen LogP contribution in [-0.4, -0.2) is 37.2 Å². The van der Waals surface area contributed by atoms with Crippen molar-refractivity contribution >= 4 is 48.4 Å². The first-order chi connectivity index (χ1) is 12.8. The number of thioether (sulfide) groups is 1. The minimum Gasteiger partial charge on any atom is -0.315 e. The Morgan fingerprint density at radius 3 is 2.63 bits per heavy atom. The lowest BCUT2D eigenvalue weighted by molar-refractivity contribution is 0.601. The van der Waals surface area contributed by atoms with Crippen LogP contribution in [0.2, 0.25) is 0 Å². The lowest BCUT2D eigenvalue weighted by Crippen LogP contribution is -2.39. The molecule has 0 bridgehead atoms. The molecule has 2 aromatic carbocycles. The van der Waals surface area contributed by atoms with Gasteiger partial charge in [-0.3, -0.25) is 4.99 Å². The molecule has 4 rings (SSSR count). The molecule has 2 aromatic rings. The van der Waals surface area contributed by atoms with Crippen LogP contribution in [0.5, 0.6) is 0 Å². The third kappa shape index (κ3) is 3.96. The number of benzene rings is 2. The Bertz CT molecular complexity index is 1000. The van der Waals surface area contributed by atoms with Crippen LogP contribution in [0, 0.1) is 13.8 Å². The smallest absolute Gasteiger partial charge is 0.164 e. The van der Waals surface area contributed by atoms with Gasteiger partial charge in [0.05, 0.1) is 23.6 Å². The lowest BCUT2D eigenvalue weighted by atomic mass is 10.1. The summed E-state index contributed by atoms with van der Waals surface area (Å²) in [6.45, 7) is 4.14. The topological polar surface area (TPSA) is 49.7 Å². The lowest BCUT2D eigenvalue weighted by Gasteiger charge is -2.28. The molecule has 0 unspecified atom stereocenters. The van der Waals surface area contributed by atoms with Gasteiger partial charge in [-0.05, 0) is 48.7 Å². The van der Waals surface area contributed by atoms with Gasteiger partial charge >= 0.3 is 0 Å². The average Bonchev–Trinajstić information content (AvgIpc) is 3.08. The number of nitrogens with zero attached hydrogens (tertiary/aromatic N) is 2. The van der Waals surface area contributed by atoms with E-state index in [0.717, 1.165) is 32.2 Å². The van der Waals surface area contributed by atoms with Gasteiger partial charge in [0.15, 0.2) is 15.0 Å². The van der Waals surface area contributed by atoms with E-state index in [1.165, 1.54) is 5.56 Å². The van der Waals surface area contributed by atoms with Crippen LogP contribution in [0.25, 0.3) is 0 Å². The van der Waals surface area contributed by atoms with Crippen molar-refractivity contribution in [2.24, 2.45) is 4.99 Å². The summed E-state index contributed by atoms with van der Waals surface area (Å²) in [7, 11) is -3.03. The van der Waals surface area contributed by atoms with E-state index in [9.17, 15) is 8.42 Å². The highest BCUT2D eigenvalue weighted by molar-refractivity contribution is 9.10. The summed E-state index contributed by atoms with van der Waals surface area (Å²) in [4.78, 5) is 6.99. The van der Waals surface area contributed by atoms with Gasteiger partial charge < -0.3 is 4.90 Å². The molecule has 0 aromatic heterocycles. The van der Waals surface area contributed by atoms with Crippen LogP contribution in [-0.2, 0) is 15.6 Å². The Hall–Kier alpha value is -1.31. The van der Waals surface area contributed by atoms with E-state index in [4.69, 9.17) is 4.99 Å². The summed E-state index contributed by atoms with van der Waals surface area (Å²) in [5.74, 6) is 1.14. The zero-order chi connectivity index (χ0) is 19.2. The number of halogens is 1. The van der Waals surface area contributed by atoms with Crippen LogP contribution in [0.1, 0.15) is 16.7 Å². The van der Waals surface area contributed by atoms with Crippen molar-refractivity contribution in [3.05, 3.63) is 63.6 Å². The van der Waals surface area contributed by atoms with E-state index in [-0.39, 0.29) is 23.6 Å². The van der Waals surface area contributed by atoms with E-state index in [2.05, 4.69) is 65.0 Å². The van der Waals surface area contributed by atoms with Crippen molar-refractivity contribution in [2.75, 3.05) is 16.4 Å². The minimum absolute atomic E-state index is 0.0945. The largest absolute Gasteiger partial charge is 0.315 e. The molecule has 2 aliphatic heterocycles. The fraction of sp³-hybridized carbons (Fsp3) is 0.350. The first-order valence-corrected chi connectivity index (χ1v) is 12.4. The summed E-state index contributed by atoms with van der Waals surface area (Å²) < 4.78 is 25.4. The molecule has 0 saturated carbocycles. The molecule has 2 aliphatic rings. The molecule has 0 aliphatic carbocycles. The fourth-order valence-electron chi connectivity index (χ4n) is 3.62. The highest BCUT2D eigenvalue weighted by Gasteiger charge is 2.47. The predicted octanol–water partition coefficient (Wildman–Crippen LogP) is 4.34. The molecular formula is C20H21BrN2O2S2. The Morgan fingerprint density at radius 1 is 1.15 bits per heavy atom. The van der Waals surface area contributed by atoms with E-state index in [1.54, 1.807) is 11.8 Å². The molecule has 0 radical (unpaired) electrons. The maximum Gasteiger partial charge on any atom is 0.164 e. The van der Waals surface area contributed by atoms with Crippen molar-refractivity contribution in [3.63, 3.8) is 0 Å². The molecule has 2 atom stereocenters. The van der Waals surface area contributed by atoms with Gasteiger partial charge in [0.25, 0.3) is 0 Å². The molecule has 2 heterocycles. The zero-order valence-corrected chi connectivity index (χ0v) is 18.4. The summed E-state index contributed by atoms with van der Waals surface area (Å²) in [5, 5.41) is 0.927. The number of aryl methyl sites for hydroxylation is 2. The second-order valence-corrected chi connectivity index (χ2v) is 11.2. The first-order valence-electron chi connectivity index (χ1n) is 8.84. The van der Waals surface area contributed by atoms with Gasteiger partial charge in [0, 0.05) is 15.9 Å². The van der Waals surface area contributed by atoms with Crippen LogP contribution in [0.15, 0.2) is 51.9 Å². The Morgan fingerprint density at radius 2 is 1.89 bits per heavy atom. The van der Waals surface area contributed by atoms with Crippen molar-refractivity contribution in [2.45, 2.75) is 31.7 Å². The standard InChI is InChI=1S/C20H21BrN2O2S2/c1-13-3-4-14(2)18(9-13)23-19-12-27(24,25)11-17(19)22-20(23)26-10-15-5-7-16(21)8-6-15/h3-9,17,19H,10-12H2,1-2H3/t17-,19+/m0/s1. The Kier molecular flexibility index (Phi) is 5.12. The van der Waals surface area contributed by atoms with Gasteiger partial charge in [0.1, 0.15) is 0 Å². The summed E-state index contributed by atoms with van der Waals surface area (Å²) in [5.41, 5.74) is 4.60. The number of amidine groups is 1. The Labute approximate surface area is 173 Å². The minimum atomic E-state index is -3.03. The van der Waals surface area contributed by atoms with Crippen LogP contribution in [0.4, 0.5) is 5.69 Å². The van der Waals surface area contributed by atoms with E-state index < -0.39 is 9.84 Å². The van der Waals surface area contributed by atoms with Gasteiger partial charge in [-0.2, -0.15) is 0 Å². The van der Waals surface area contributed by atoms with Gasteiger partial charge in [-0.15, -0.1) is 0 Å². The highest BCUT2D eigenvalue weighted by Crippen LogP contribution is 2.37. The Balaban J connectivity index is 1.65. The summed E-state index contributed by atoms with van der Waals surface area (Å²) in [6, 6.07) is 14.3. The first kappa shape index (κ1) is 19.0. The summed E-state index contributed by atoms with van der Waals surface area (Å²) in [6.07, 6.45) is 0. The number of hydrogen-bond acceptors (Lipinski definition) is 5. The fourth-order valence-corrected chi connectivity index (χ4v) is 6.80. The van der Waals surface area contributed by atoms with Crippen molar-refractivity contribution in [1.82, 2.24) is 0 Å². The third-order valence-corrected chi connectivity index (χ3v) is 8.28. The molecule has 1 fully saturated rings. The number of aliphatic imine (C=N–C) groups is 1. The monoisotopic (exact) mass is 464 g/mol. The number of sulfone groups is 1. The third-order valence-electron chi connectivity index (χ3n) is 5.01. The van der Waals surface area contributed by atoms with Crippen LogP contribution in [0.3, 0.4) is 0 Å². The van der Waals surface area contributed by atoms with Gasteiger partial charge in [-0.25, -0.2) is 8.42 Å². The van der Waals surface area contributed by atoms with E-state index in [0.29, 0.717) is 0 Å². The second-order valence-electron chi connectivity index (χ2n) is 7.20. The molecule has 0 spiro atoms. The number of rotatable bonds is 3. The van der Waals surface area contributed by atoms with Crippen molar-refractivity contribution < 1.29 is 8.42 Å². The molecule has 7 heteroatoms. The molecule has 1 saturated heterocycles. The van der Waals surface area contributed by atoms with E-state index >= 15 is 0 Å². The van der Waals surface area contributed by atoms with Gasteiger partial charge in [0.2, 0.25) is 0 Å². The van der Waals surface area contributed by atoms with Gasteiger partial charge in [-0.1, -0.05) is 52.0 Å². The SMILES string of the molecule is Cc1ccc(C)c(N2C(SCc3ccc(Br)cc3)=N[C@H]3CS(=O)(=O)C[C@H]32)c1. The number of hydrogen-bond donors (Lipinski definition) is 0. The van der Waals surface area contributed by atoms with E-state index in [1.807, 2.05) is 12.1 Å². The van der Waals surface area contributed by atoms with Crippen LogP contribution < -0.4 is 4.90 Å². The highest BCUT2D eigenvalue weighted by atomic mass is 79.9.